The van der Waals surface area contributed by atoms with E-state index in [1.54, 1.807) is 30.3 Å². The fourth-order valence-electron chi connectivity index (χ4n) is 3.47. The van der Waals surface area contributed by atoms with Gasteiger partial charge in [0.15, 0.2) is 5.76 Å². The molecule has 0 aliphatic carbocycles. The Kier molecular flexibility index (Phi) is 5.82. The second-order valence-electron chi connectivity index (χ2n) is 7.24. The summed E-state index contributed by atoms with van der Waals surface area (Å²) in [5.74, 6) is -1.34. The number of likely N-dealkylation sites (tertiary alicyclic amines) is 1. The van der Waals surface area contributed by atoms with Crippen LogP contribution in [0.4, 0.5) is 5.69 Å². The highest BCUT2D eigenvalue weighted by molar-refractivity contribution is 6.04. The van der Waals surface area contributed by atoms with E-state index >= 15 is 0 Å². The second kappa shape index (κ2) is 8.29. The van der Waals surface area contributed by atoms with Gasteiger partial charge in [-0.05, 0) is 49.4 Å². The number of carboxylic acids is 1. The second-order valence-corrected chi connectivity index (χ2v) is 7.24. The monoisotopic (exact) mass is 384 g/mol. The van der Waals surface area contributed by atoms with Crippen LogP contribution in [-0.4, -0.2) is 40.4 Å². The third kappa shape index (κ3) is 4.08. The molecule has 1 unspecified atom stereocenters. The van der Waals surface area contributed by atoms with Gasteiger partial charge in [-0.2, -0.15) is 0 Å². The number of furan rings is 1. The standard InChI is InChI=1S/C21H24N2O5/c1-13(2)16-9-11-28-18(16)19(24)22-15-7-5-6-14(12-15)20(25)23-10-4-3-8-17(23)21(26)27/h5-7,9,11-13,17H,3-4,8,10H2,1-2H3,(H,22,24)(H,26,27). The van der Waals surface area contributed by atoms with Gasteiger partial charge in [-0.15, -0.1) is 0 Å². The largest absolute Gasteiger partial charge is 0.480 e. The van der Waals surface area contributed by atoms with E-state index < -0.39 is 12.0 Å². The minimum absolute atomic E-state index is 0.138. The van der Waals surface area contributed by atoms with Crippen LogP contribution in [0.5, 0.6) is 0 Å². The van der Waals surface area contributed by atoms with Crippen LogP contribution in [0.15, 0.2) is 41.0 Å². The number of carbonyl (C=O) groups is 3. The number of benzene rings is 1. The molecule has 7 nitrogen and oxygen atoms in total. The maximum atomic E-state index is 12.9. The van der Waals surface area contributed by atoms with Crippen LogP contribution in [0, 0.1) is 0 Å². The van der Waals surface area contributed by atoms with E-state index in [9.17, 15) is 19.5 Å². The first kappa shape index (κ1) is 19.7. The van der Waals surface area contributed by atoms with Crippen LogP contribution < -0.4 is 5.32 Å². The average molecular weight is 384 g/mol. The van der Waals surface area contributed by atoms with E-state index in [-0.39, 0.29) is 23.5 Å². The lowest BCUT2D eigenvalue weighted by Crippen LogP contribution is -2.48. The number of carboxylic acid groups (broad SMARTS) is 1. The Labute approximate surface area is 163 Å². The quantitative estimate of drug-likeness (QED) is 0.818. The van der Waals surface area contributed by atoms with Crippen molar-refractivity contribution >= 4 is 23.5 Å². The van der Waals surface area contributed by atoms with E-state index in [2.05, 4.69) is 5.32 Å². The van der Waals surface area contributed by atoms with Gasteiger partial charge in [0.05, 0.1) is 6.26 Å². The number of piperidine rings is 1. The zero-order chi connectivity index (χ0) is 20.3. The summed E-state index contributed by atoms with van der Waals surface area (Å²) in [6.45, 7) is 4.35. The SMILES string of the molecule is CC(C)c1ccoc1C(=O)Nc1cccc(C(=O)N2CCCCC2C(=O)O)c1. The Balaban J connectivity index is 1.78. The Morgan fingerprint density at radius 3 is 2.71 bits per heavy atom. The molecule has 2 heterocycles. The van der Waals surface area contributed by atoms with Crippen LogP contribution in [0.2, 0.25) is 0 Å². The van der Waals surface area contributed by atoms with Crippen LogP contribution in [-0.2, 0) is 4.79 Å². The molecular formula is C21H24N2O5. The summed E-state index contributed by atoms with van der Waals surface area (Å²) in [6.07, 6.45) is 3.50. The minimum Gasteiger partial charge on any atom is -0.480 e. The van der Waals surface area contributed by atoms with Crippen molar-refractivity contribution in [1.82, 2.24) is 4.90 Å². The molecular weight excluding hydrogens is 360 g/mol. The number of hydrogen-bond acceptors (Lipinski definition) is 4. The van der Waals surface area contributed by atoms with Gasteiger partial charge in [-0.25, -0.2) is 4.79 Å². The normalized spacial score (nSPS) is 16.8. The number of nitrogens with one attached hydrogen (secondary N) is 1. The third-order valence-electron chi connectivity index (χ3n) is 4.94. The third-order valence-corrected chi connectivity index (χ3v) is 4.94. The lowest BCUT2D eigenvalue weighted by atomic mass is 10.0. The topological polar surface area (TPSA) is 99.9 Å². The fourth-order valence-corrected chi connectivity index (χ4v) is 3.47. The van der Waals surface area contributed by atoms with Crippen molar-refractivity contribution in [3.63, 3.8) is 0 Å². The zero-order valence-corrected chi connectivity index (χ0v) is 16.0. The van der Waals surface area contributed by atoms with Crippen molar-refractivity contribution < 1.29 is 23.9 Å². The summed E-state index contributed by atoms with van der Waals surface area (Å²) in [5.41, 5.74) is 1.60. The predicted octanol–water partition coefficient (Wildman–Crippen LogP) is 3.73. The molecule has 2 N–H and O–H groups in total. The number of rotatable bonds is 5. The Bertz CT molecular complexity index is 886. The van der Waals surface area contributed by atoms with Crippen molar-refractivity contribution in [2.75, 3.05) is 11.9 Å². The molecule has 2 amide bonds. The molecule has 28 heavy (non-hydrogen) atoms. The van der Waals surface area contributed by atoms with Gasteiger partial charge in [-0.1, -0.05) is 19.9 Å². The van der Waals surface area contributed by atoms with E-state index in [0.29, 0.717) is 24.2 Å². The number of hydrogen-bond donors (Lipinski definition) is 2. The van der Waals surface area contributed by atoms with Crippen molar-refractivity contribution in [3.8, 4) is 0 Å². The summed E-state index contributed by atoms with van der Waals surface area (Å²) in [4.78, 5) is 38.3. The summed E-state index contributed by atoms with van der Waals surface area (Å²) >= 11 is 0. The van der Waals surface area contributed by atoms with Crippen molar-refractivity contribution in [2.24, 2.45) is 0 Å². The summed E-state index contributed by atoms with van der Waals surface area (Å²) in [5, 5.41) is 12.1. The summed E-state index contributed by atoms with van der Waals surface area (Å²) < 4.78 is 5.32. The van der Waals surface area contributed by atoms with Crippen molar-refractivity contribution in [1.29, 1.82) is 0 Å². The molecule has 1 aromatic heterocycles. The molecule has 7 heteroatoms. The Hall–Kier alpha value is -3.09. The highest BCUT2D eigenvalue weighted by atomic mass is 16.4. The van der Waals surface area contributed by atoms with E-state index in [4.69, 9.17) is 4.42 Å². The van der Waals surface area contributed by atoms with Crippen LogP contribution in [0.3, 0.4) is 0 Å². The molecule has 1 fully saturated rings. The number of aliphatic carboxylic acids is 1. The van der Waals surface area contributed by atoms with Crippen molar-refractivity contribution in [3.05, 3.63) is 53.5 Å². The first-order chi connectivity index (χ1) is 13.4. The molecule has 0 saturated carbocycles. The fraction of sp³-hybridized carbons (Fsp3) is 0.381. The number of nitrogens with zero attached hydrogens (tertiary/aromatic N) is 1. The molecule has 148 valence electrons. The lowest BCUT2D eigenvalue weighted by Gasteiger charge is -2.33. The molecule has 1 aromatic carbocycles. The van der Waals surface area contributed by atoms with Gasteiger partial charge in [0, 0.05) is 23.4 Å². The molecule has 1 atom stereocenters. The number of carbonyl (C=O) groups excluding carboxylic acids is 2. The highest BCUT2D eigenvalue weighted by Gasteiger charge is 2.32. The van der Waals surface area contributed by atoms with Crippen LogP contribution in [0.1, 0.15) is 65.5 Å². The molecule has 2 aromatic rings. The molecule has 0 spiro atoms. The summed E-state index contributed by atoms with van der Waals surface area (Å²) in [6, 6.07) is 7.48. The van der Waals surface area contributed by atoms with E-state index in [1.807, 2.05) is 13.8 Å². The van der Waals surface area contributed by atoms with Gasteiger partial charge in [-0.3, -0.25) is 9.59 Å². The molecule has 1 saturated heterocycles. The molecule has 0 radical (unpaired) electrons. The molecule has 3 rings (SSSR count). The first-order valence-electron chi connectivity index (χ1n) is 9.41. The maximum absolute atomic E-state index is 12.9. The molecule has 0 bridgehead atoms. The molecule has 1 aliphatic heterocycles. The predicted molar refractivity (Wildman–Crippen MR) is 104 cm³/mol. The number of amides is 2. The molecule has 1 aliphatic rings. The number of anilines is 1. The highest BCUT2D eigenvalue weighted by Crippen LogP contribution is 2.24. The average Bonchev–Trinajstić information content (AvgIpc) is 3.18. The van der Waals surface area contributed by atoms with Gasteiger partial charge in [0.25, 0.3) is 11.8 Å². The van der Waals surface area contributed by atoms with Gasteiger partial charge in [0.1, 0.15) is 6.04 Å². The Morgan fingerprint density at radius 1 is 1.21 bits per heavy atom. The van der Waals surface area contributed by atoms with E-state index in [0.717, 1.165) is 18.4 Å². The first-order valence-corrected chi connectivity index (χ1v) is 9.41. The van der Waals surface area contributed by atoms with Crippen molar-refractivity contribution in [2.45, 2.75) is 45.1 Å². The summed E-state index contributed by atoms with van der Waals surface area (Å²) in [7, 11) is 0. The zero-order valence-electron chi connectivity index (χ0n) is 16.0. The van der Waals surface area contributed by atoms with Gasteiger partial charge >= 0.3 is 5.97 Å². The lowest BCUT2D eigenvalue weighted by molar-refractivity contribution is -0.143. The maximum Gasteiger partial charge on any atom is 0.326 e. The van der Waals surface area contributed by atoms with Gasteiger partial charge in [0.2, 0.25) is 0 Å². The van der Waals surface area contributed by atoms with E-state index in [1.165, 1.54) is 11.2 Å². The Morgan fingerprint density at radius 2 is 2.00 bits per heavy atom. The van der Waals surface area contributed by atoms with Gasteiger partial charge < -0.3 is 19.7 Å². The van der Waals surface area contributed by atoms with Crippen LogP contribution >= 0.6 is 0 Å². The smallest absolute Gasteiger partial charge is 0.326 e. The minimum atomic E-state index is -0.989. The van der Waals surface area contributed by atoms with Crippen LogP contribution in [0.25, 0.3) is 0 Å².